The third-order valence-corrected chi connectivity index (χ3v) is 3.75. The molecular weight excluding hydrogens is 278 g/mol. The molecule has 1 atom stereocenters. The van der Waals surface area contributed by atoms with Gasteiger partial charge in [0.25, 0.3) is 5.91 Å². The molecule has 1 fully saturated rings. The van der Waals surface area contributed by atoms with Gasteiger partial charge in [0, 0.05) is 18.8 Å². The molecule has 22 heavy (non-hydrogen) atoms. The largest absolute Gasteiger partial charge is 0.369 e. The quantitative estimate of drug-likeness (QED) is 0.856. The minimum absolute atomic E-state index is 0.00965. The fourth-order valence-electron chi connectivity index (χ4n) is 3.02. The highest BCUT2D eigenvalue weighted by Crippen LogP contribution is 2.23. The van der Waals surface area contributed by atoms with Crippen LogP contribution in [0.4, 0.5) is 0 Å². The molecule has 1 aromatic carbocycles. The van der Waals surface area contributed by atoms with Crippen LogP contribution >= 0.6 is 0 Å². The number of nitrogens with zero attached hydrogens (tertiary/aromatic N) is 3. The molecule has 0 N–H and O–H groups in total. The second-order valence-corrected chi connectivity index (χ2v) is 6.36. The molecule has 0 saturated carbocycles. The maximum absolute atomic E-state index is 12.9. The van der Waals surface area contributed by atoms with Crippen molar-refractivity contribution < 1.29 is 9.53 Å². The summed E-state index contributed by atoms with van der Waals surface area (Å²) in [6.07, 6.45) is 3.33. The van der Waals surface area contributed by atoms with Crippen LogP contribution in [0.2, 0.25) is 0 Å². The van der Waals surface area contributed by atoms with Gasteiger partial charge in [0.15, 0.2) is 0 Å². The maximum atomic E-state index is 12.9. The highest BCUT2D eigenvalue weighted by molar-refractivity contribution is 5.93. The van der Waals surface area contributed by atoms with Gasteiger partial charge in [-0.3, -0.25) is 9.36 Å². The standard InChI is InChI=1S/C17H21N3O2/c1-13-10-19(11-17(2,3)22-13)16(21)15-9-18-12-20(15)14-7-5-4-6-8-14/h4-9,12-13H,10-11H2,1-3H3/t13-/m0/s1. The molecule has 0 unspecified atom stereocenters. The molecule has 116 valence electrons. The normalized spacial score (nSPS) is 20.9. The molecule has 1 saturated heterocycles. The van der Waals surface area contributed by atoms with E-state index in [0.29, 0.717) is 18.8 Å². The molecule has 2 aromatic rings. The van der Waals surface area contributed by atoms with Crippen LogP contribution < -0.4 is 0 Å². The van der Waals surface area contributed by atoms with E-state index in [1.165, 1.54) is 0 Å². The highest BCUT2D eigenvalue weighted by Gasteiger charge is 2.34. The molecular formula is C17H21N3O2. The van der Waals surface area contributed by atoms with E-state index in [0.717, 1.165) is 5.69 Å². The summed E-state index contributed by atoms with van der Waals surface area (Å²) in [6, 6.07) is 9.77. The first kappa shape index (κ1) is 14.8. The lowest BCUT2D eigenvalue weighted by Gasteiger charge is -2.41. The number of rotatable bonds is 2. The van der Waals surface area contributed by atoms with Crippen LogP contribution in [0, 0.1) is 0 Å². The summed E-state index contributed by atoms with van der Waals surface area (Å²) < 4.78 is 7.70. The number of hydrogen-bond donors (Lipinski definition) is 0. The Labute approximate surface area is 130 Å². The van der Waals surface area contributed by atoms with E-state index in [1.54, 1.807) is 12.5 Å². The Bertz CT molecular complexity index is 664. The van der Waals surface area contributed by atoms with Crippen molar-refractivity contribution in [3.63, 3.8) is 0 Å². The molecule has 5 heteroatoms. The minimum Gasteiger partial charge on any atom is -0.369 e. The average Bonchev–Trinajstić information content (AvgIpc) is 2.94. The van der Waals surface area contributed by atoms with E-state index in [-0.39, 0.29) is 17.6 Å². The SMILES string of the molecule is C[C@H]1CN(C(=O)c2cncn2-c2ccccc2)CC(C)(C)O1. The van der Waals surface area contributed by atoms with Crippen LogP contribution in [0.5, 0.6) is 0 Å². The summed E-state index contributed by atoms with van der Waals surface area (Å²) in [5.74, 6) is -0.00965. The van der Waals surface area contributed by atoms with E-state index >= 15 is 0 Å². The fourth-order valence-corrected chi connectivity index (χ4v) is 3.02. The minimum atomic E-state index is -0.328. The van der Waals surface area contributed by atoms with Crippen LogP contribution in [0.15, 0.2) is 42.9 Å². The number of ether oxygens (including phenoxy) is 1. The van der Waals surface area contributed by atoms with Crippen LogP contribution in [0.25, 0.3) is 5.69 Å². The monoisotopic (exact) mass is 299 g/mol. The zero-order valence-corrected chi connectivity index (χ0v) is 13.2. The summed E-state index contributed by atoms with van der Waals surface area (Å²) in [6.45, 7) is 7.20. The number of morpholine rings is 1. The van der Waals surface area contributed by atoms with E-state index in [4.69, 9.17) is 4.74 Å². The molecule has 0 spiro atoms. The van der Waals surface area contributed by atoms with Gasteiger partial charge in [-0.15, -0.1) is 0 Å². The Morgan fingerprint density at radius 1 is 1.32 bits per heavy atom. The van der Waals surface area contributed by atoms with Crippen LogP contribution in [-0.4, -0.2) is 45.2 Å². The van der Waals surface area contributed by atoms with Crippen molar-refractivity contribution in [3.8, 4) is 5.69 Å². The maximum Gasteiger partial charge on any atom is 0.272 e. The lowest BCUT2D eigenvalue weighted by molar-refractivity contribution is -0.119. The predicted octanol–water partition coefficient (Wildman–Crippen LogP) is 2.51. The smallest absolute Gasteiger partial charge is 0.272 e. The summed E-state index contributed by atoms with van der Waals surface area (Å²) in [4.78, 5) is 18.9. The summed E-state index contributed by atoms with van der Waals surface area (Å²) in [7, 11) is 0. The van der Waals surface area contributed by atoms with E-state index in [2.05, 4.69) is 4.98 Å². The van der Waals surface area contributed by atoms with Gasteiger partial charge in [-0.05, 0) is 32.9 Å². The second kappa shape index (κ2) is 5.57. The van der Waals surface area contributed by atoms with Crippen molar-refractivity contribution >= 4 is 5.91 Å². The predicted molar refractivity (Wildman–Crippen MR) is 84.1 cm³/mol. The fraction of sp³-hybridized carbons (Fsp3) is 0.412. The zero-order chi connectivity index (χ0) is 15.7. The number of carbonyl (C=O) groups is 1. The number of carbonyl (C=O) groups excluding carboxylic acids is 1. The van der Waals surface area contributed by atoms with Gasteiger partial charge < -0.3 is 9.64 Å². The lowest BCUT2D eigenvalue weighted by atomic mass is 10.1. The number of aromatic nitrogens is 2. The molecule has 5 nitrogen and oxygen atoms in total. The van der Waals surface area contributed by atoms with Gasteiger partial charge in [0.2, 0.25) is 0 Å². The zero-order valence-electron chi connectivity index (χ0n) is 13.2. The first-order valence-corrected chi connectivity index (χ1v) is 7.51. The van der Waals surface area contributed by atoms with Crippen molar-refractivity contribution in [1.29, 1.82) is 0 Å². The molecule has 0 radical (unpaired) electrons. The molecule has 0 aliphatic carbocycles. The summed E-state index contributed by atoms with van der Waals surface area (Å²) >= 11 is 0. The molecule has 2 heterocycles. The van der Waals surface area contributed by atoms with Gasteiger partial charge in [0.1, 0.15) is 5.69 Å². The summed E-state index contributed by atoms with van der Waals surface area (Å²) in [5.41, 5.74) is 1.19. The van der Waals surface area contributed by atoms with E-state index in [9.17, 15) is 4.79 Å². The Morgan fingerprint density at radius 3 is 2.73 bits per heavy atom. The number of benzene rings is 1. The van der Waals surface area contributed by atoms with E-state index in [1.807, 2.05) is 60.6 Å². The van der Waals surface area contributed by atoms with Gasteiger partial charge in [-0.25, -0.2) is 4.98 Å². The van der Waals surface area contributed by atoms with Crippen LogP contribution in [-0.2, 0) is 4.74 Å². The number of amides is 1. The van der Waals surface area contributed by atoms with Crippen molar-refractivity contribution in [1.82, 2.24) is 14.5 Å². The number of para-hydroxylation sites is 1. The third-order valence-electron chi connectivity index (χ3n) is 3.75. The molecule has 3 rings (SSSR count). The first-order chi connectivity index (χ1) is 10.5. The second-order valence-electron chi connectivity index (χ2n) is 6.36. The highest BCUT2D eigenvalue weighted by atomic mass is 16.5. The molecule has 1 amide bonds. The Balaban J connectivity index is 1.89. The molecule has 1 aliphatic rings. The Hall–Kier alpha value is -2.14. The first-order valence-electron chi connectivity index (χ1n) is 7.51. The lowest BCUT2D eigenvalue weighted by Crippen LogP contribution is -2.54. The van der Waals surface area contributed by atoms with Crippen LogP contribution in [0.1, 0.15) is 31.3 Å². The Morgan fingerprint density at radius 2 is 2.05 bits per heavy atom. The molecule has 0 bridgehead atoms. The Kier molecular flexibility index (Phi) is 3.74. The topological polar surface area (TPSA) is 47.4 Å². The van der Waals surface area contributed by atoms with Crippen molar-refractivity contribution in [2.24, 2.45) is 0 Å². The van der Waals surface area contributed by atoms with Crippen molar-refractivity contribution in [2.75, 3.05) is 13.1 Å². The summed E-state index contributed by atoms with van der Waals surface area (Å²) in [5, 5.41) is 0. The van der Waals surface area contributed by atoms with Gasteiger partial charge >= 0.3 is 0 Å². The van der Waals surface area contributed by atoms with Gasteiger partial charge in [-0.1, -0.05) is 18.2 Å². The van der Waals surface area contributed by atoms with Gasteiger partial charge in [0.05, 0.1) is 24.2 Å². The van der Waals surface area contributed by atoms with Crippen LogP contribution in [0.3, 0.4) is 0 Å². The third kappa shape index (κ3) is 2.90. The average molecular weight is 299 g/mol. The van der Waals surface area contributed by atoms with Crippen molar-refractivity contribution in [2.45, 2.75) is 32.5 Å². The van der Waals surface area contributed by atoms with Gasteiger partial charge in [-0.2, -0.15) is 0 Å². The molecule has 1 aliphatic heterocycles. The van der Waals surface area contributed by atoms with Crippen molar-refractivity contribution in [3.05, 3.63) is 48.5 Å². The molecule has 1 aromatic heterocycles. The number of hydrogen-bond acceptors (Lipinski definition) is 3. The number of imidazole rings is 1. The van der Waals surface area contributed by atoms with E-state index < -0.39 is 0 Å².